The van der Waals surface area contributed by atoms with E-state index in [9.17, 15) is 0 Å². The highest BCUT2D eigenvalue weighted by atomic mass is 35.5. The normalized spacial score (nSPS) is 10.0. The van der Waals surface area contributed by atoms with Crippen LogP contribution in [0.3, 0.4) is 0 Å². The van der Waals surface area contributed by atoms with Crippen LogP contribution >= 0.6 is 0 Å². The second kappa shape index (κ2) is 5.77. The van der Waals surface area contributed by atoms with Crippen LogP contribution in [-0.4, -0.2) is 4.57 Å². The molecular weight excluding hydrogens is 270 g/mol. The van der Waals surface area contributed by atoms with E-state index in [1.807, 2.05) is 30.3 Å². The molecular formula is C16H14ClN3. The minimum Gasteiger partial charge on any atom is -1.00 e. The Morgan fingerprint density at radius 1 is 1.10 bits per heavy atom. The van der Waals surface area contributed by atoms with Crippen LogP contribution < -0.4 is 17.0 Å². The number of halogens is 1. The highest BCUT2D eigenvalue weighted by Gasteiger charge is 2.12. The molecule has 0 N–H and O–H groups in total. The predicted octanol–water partition coefficient (Wildman–Crippen LogP) is -0.610. The molecule has 0 atom stereocenters. The van der Waals surface area contributed by atoms with E-state index in [2.05, 4.69) is 46.8 Å². The third-order valence-corrected chi connectivity index (χ3v) is 3.32. The molecule has 100 valence electrons. The number of benzene rings is 2. The number of hydrogen-bond donors (Lipinski definition) is 0. The van der Waals surface area contributed by atoms with E-state index < -0.39 is 0 Å². The van der Waals surface area contributed by atoms with Gasteiger partial charge in [0.2, 0.25) is 6.33 Å². The molecule has 0 amide bonds. The van der Waals surface area contributed by atoms with E-state index >= 15 is 0 Å². The molecule has 0 bridgehead atoms. The third kappa shape index (κ3) is 2.52. The maximum Gasteiger partial charge on any atom is 0.244 e. The SMILES string of the molecule is C[n+]1cn(Cc2ccc(C#N)cc2)c2ccccc21.[Cl-]. The number of fused-ring (bicyclic) bond motifs is 1. The molecule has 0 aliphatic carbocycles. The van der Waals surface area contributed by atoms with Gasteiger partial charge in [-0.2, -0.15) is 5.26 Å². The largest absolute Gasteiger partial charge is 1.00 e. The van der Waals surface area contributed by atoms with Crippen molar-refractivity contribution in [2.45, 2.75) is 6.54 Å². The molecule has 0 fully saturated rings. The summed E-state index contributed by atoms with van der Waals surface area (Å²) in [7, 11) is 2.05. The van der Waals surface area contributed by atoms with Crippen LogP contribution in [0, 0.1) is 11.3 Å². The van der Waals surface area contributed by atoms with Crippen molar-refractivity contribution in [2.75, 3.05) is 0 Å². The Morgan fingerprint density at radius 3 is 2.50 bits per heavy atom. The summed E-state index contributed by atoms with van der Waals surface area (Å²) in [5.74, 6) is 0. The van der Waals surface area contributed by atoms with Crippen LogP contribution in [0.4, 0.5) is 0 Å². The molecule has 3 rings (SSSR count). The molecule has 3 nitrogen and oxygen atoms in total. The Balaban J connectivity index is 0.00000147. The Bertz CT molecular complexity index is 767. The lowest BCUT2D eigenvalue weighted by molar-refractivity contribution is -0.645. The zero-order valence-electron chi connectivity index (χ0n) is 11.1. The smallest absolute Gasteiger partial charge is 0.244 e. The van der Waals surface area contributed by atoms with Gasteiger partial charge in [0.05, 0.1) is 18.7 Å². The fourth-order valence-electron chi connectivity index (χ4n) is 2.35. The van der Waals surface area contributed by atoms with Crippen LogP contribution in [0.25, 0.3) is 11.0 Å². The zero-order chi connectivity index (χ0) is 13.2. The molecule has 0 saturated carbocycles. The summed E-state index contributed by atoms with van der Waals surface area (Å²) in [4.78, 5) is 0. The van der Waals surface area contributed by atoms with E-state index in [1.54, 1.807) is 0 Å². The van der Waals surface area contributed by atoms with Gasteiger partial charge in [0.15, 0.2) is 11.0 Å². The van der Waals surface area contributed by atoms with Crippen molar-refractivity contribution >= 4 is 11.0 Å². The number of hydrogen-bond acceptors (Lipinski definition) is 1. The number of nitriles is 1. The van der Waals surface area contributed by atoms with Crippen molar-refractivity contribution < 1.29 is 17.0 Å². The van der Waals surface area contributed by atoms with Crippen LogP contribution in [0.5, 0.6) is 0 Å². The van der Waals surface area contributed by atoms with E-state index in [0.717, 1.165) is 6.54 Å². The second-order valence-electron chi connectivity index (χ2n) is 4.65. The van der Waals surface area contributed by atoms with Crippen molar-refractivity contribution in [3.8, 4) is 6.07 Å². The van der Waals surface area contributed by atoms with Gasteiger partial charge in [-0.25, -0.2) is 9.13 Å². The van der Waals surface area contributed by atoms with Gasteiger partial charge in [-0.1, -0.05) is 24.3 Å². The summed E-state index contributed by atoms with van der Waals surface area (Å²) in [6, 6.07) is 18.2. The first-order valence-electron chi connectivity index (χ1n) is 6.20. The first-order valence-corrected chi connectivity index (χ1v) is 6.20. The highest BCUT2D eigenvalue weighted by molar-refractivity contribution is 5.71. The van der Waals surface area contributed by atoms with Gasteiger partial charge >= 0.3 is 0 Å². The van der Waals surface area contributed by atoms with Crippen molar-refractivity contribution in [3.05, 3.63) is 66.0 Å². The number of para-hydroxylation sites is 2. The molecule has 0 spiro atoms. The Hall–Kier alpha value is -2.31. The van der Waals surface area contributed by atoms with Gasteiger partial charge in [-0.05, 0) is 29.8 Å². The minimum absolute atomic E-state index is 0. The summed E-state index contributed by atoms with van der Waals surface area (Å²) in [6.07, 6.45) is 2.10. The van der Waals surface area contributed by atoms with Gasteiger partial charge in [0.25, 0.3) is 0 Å². The van der Waals surface area contributed by atoms with Gasteiger partial charge in [-0.3, -0.25) is 0 Å². The molecule has 1 heterocycles. The molecule has 0 saturated heterocycles. The predicted molar refractivity (Wildman–Crippen MR) is 73.4 cm³/mol. The number of aryl methyl sites for hydroxylation is 1. The van der Waals surface area contributed by atoms with Crippen molar-refractivity contribution in [1.29, 1.82) is 5.26 Å². The lowest BCUT2D eigenvalue weighted by atomic mass is 10.1. The minimum atomic E-state index is 0. The Kier molecular flexibility index (Phi) is 4.07. The van der Waals surface area contributed by atoms with Crippen LogP contribution in [0.1, 0.15) is 11.1 Å². The summed E-state index contributed by atoms with van der Waals surface area (Å²) in [5.41, 5.74) is 4.33. The number of aromatic nitrogens is 2. The Labute approximate surface area is 124 Å². The topological polar surface area (TPSA) is 32.6 Å². The lowest BCUT2D eigenvalue weighted by Crippen LogP contribution is -3.00. The molecule has 0 radical (unpaired) electrons. The average molecular weight is 284 g/mol. The van der Waals surface area contributed by atoms with E-state index in [0.29, 0.717) is 5.56 Å². The van der Waals surface area contributed by atoms with Gasteiger partial charge < -0.3 is 12.4 Å². The fourth-order valence-corrected chi connectivity index (χ4v) is 2.35. The average Bonchev–Trinajstić information content (AvgIpc) is 2.77. The lowest BCUT2D eigenvalue weighted by Gasteiger charge is -1.99. The van der Waals surface area contributed by atoms with Crippen molar-refractivity contribution in [3.63, 3.8) is 0 Å². The summed E-state index contributed by atoms with van der Waals surface area (Å²) >= 11 is 0. The fraction of sp³-hybridized carbons (Fsp3) is 0.125. The zero-order valence-corrected chi connectivity index (χ0v) is 11.9. The second-order valence-corrected chi connectivity index (χ2v) is 4.65. The van der Waals surface area contributed by atoms with Gasteiger partial charge in [0, 0.05) is 0 Å². The summed E-state index contributed by atoms with van der Waals surface area (Å²) < 4.78 is 4.34. The molecule has 0 aliphatic rings. The molecule has 4 heteroatoms. The third-order valence-electron chi connectivity index (χ3n) is 3.32. The van der Waals surface area contributed by atoms with Crippen LogP contribution in [-0.2, 0) is 13.6 Å². The number of imidazole rings is 1. The maximum absolute atomic E-state index is 8.80. The van der Waals surface area contributed by atoms with E-state index in [1.165, 1.54) is 16.6 Å². The Morgan fingerprint density at radius 2 is 1.80 bits per heavy atom. The van der Waals surface area contributed by atoms with E-state index in [-0.39, 0.29) is 12.4 Å². The molecule has 0 aliphatic heterocycles. The number of nitrogens with zero attached hydrogens (tertiary/aromatic N) is 3. The first kappa shape index (κ1) is 14.1. The van der Waals surface area contributed by atoms with E-state index in [4.69, 9.17) is 5.26 Å². The van der Waals surface area contributed by atoms with Gasteiger partial charge in [0.1, 0.15) is 6.54 Å². The quantitative estimate of drug-likeness (QED) is 0.578. The van der Waals surface area contributed by atoms with Gasteiger partial charge in [-0.15, -0.1) is 0 Å². The summed E-state index contributed by atoms with van der Waals surface area (Å²) in [5, 5.41) is 8.80. The monoisotopic (exact) mass is 283 g/mol. The number of rotatable bonds is 2. The molecule has 1 aromatic heterocycles. The highest BCUT2D eigenvalue weighted by Crippen LogP contribution is 2.13. The molecule has 20 heavy (non-hydrogen) atoms. The maximum atomic E-state index is 8.80. The molecule has 2 aromatic carbocycles. The van der Waals surface area contributed by atoms with Crippen LogP contribution in [0.15, 0.2) is 54.9 Å². The standard InChI is InChI=1S/C16H14N3.ClH/c1-18-12-19(16-5-3-2-4-15(16)18)11-14-8-6-13(10-17)7-9-14;/h2-9,12H,11H2,1H3;1H/q+1;/p-1. The molecule has 3 aromatic rings. The molecule has 0 unspecified atom stereocenters. The van der Waals surface area contributed by atoms with Crippen molar-refractivity contribution in [1.82, 2.24) is 4.57 Å². The summed E-state index contributed by atoms with van der Waals surface area (Å²) in [6.45, 7) is 0.813. The first-order chi connectivity index (χ1) is 9.28. The van der Waals surface area contributed by atoms with Crippen LogP contribution in [0.2, 0.25) is 0 Å². The van der Waals surface area contributed by atoms with Crippen molar-refractivity contribution in [2.24, 2.45) is 7.05 Å².